The van der Waals surface area contributed by atoms with Gasteiger partial charge in [-0.15, -0.1) is 11.3 Å². The first-order valence-corrected chi connectivity index (χ1v) is 7.21. The Balaban J connectivity index is 2.66. The zero-order valence-electron chi connectivity index (χ0n) is 8.92. The van der Waals surface area contributed by atoms with Gasteiger partial charge in [-0.05, 0) is 25.0 Å². The number of aliphatic hydroxyl groups is 1. The third kappa shape index (κ3) is 4.08. The van der Waals surface area contributed by atoms with Crippen LogP contribution >= 0.6 is 11.3 Å². The van der Waals surface area contributed by atoms with Crippen molar-refractivity contribution in [1.82, 2.24) is 4.72 Å². The van der Waals surface area contributed by atoms with Gasteiger partial charge in [0, 0.05) is 13.2 Å². The van der Waals surface area contributed by atoms with Gasteiger partial charge in [-0.25, -0.2) is 17.9 Å². The Kier molecular flexibility index (Phi) is 5.06. The summed E-state index contributed by atoms with van der Waals surface area (Å²) >= 11 is 0.712. The summed E-state index contributed by atoms with van der Waals surface area (Å²) in [5.74, 6) is -1.14. The van der Waals surface area contributed by atoms with Crippen molar-refractivity contribution in [2.24, 2.45) is 0 Å². The number of aliphatic hydroxyl groups excluding tert-OH is 1. The van der Waals surface area contributed by atoms with Gasteiger partial charge < -0.3 is 10.2 Å². The fourth-order valence-electron chi connectivity index (χ4n) is 1.09. The van der Waals surface area contributed by atoms with Crippen LogP contribution < -0.4 is 4.72 Å². The van der Waals surface area contributed by atoms with E-state index in [1.54, 1.807) is 0 Å². The van der Waals surface area contributed by atoms with Crippen LogP contribution in [-0.4, -0.2) is 37.8 Å². The van der Waals surface area contributed by atoms with Crippen molar-refractivity contribution >= 4 is 27.3 Å². The highest BCUT2D eigenvalue weighted by atomic mass is 32.2. The van der Waals surface area contributed by atoms with E-state index in [-0.39, 0.29) is 22.2 Å². The van der Waals surface area contributed by atoms with Crippen LogP contribution in [-0.2, 0) is 10.0 Å². The SMILES string of the molecule is O=C(O)c1ccc(S(=O)(=O)NCCCCO)s1. The summed E-state index contributed by atoms with van der Waals surface area (Å²) in [6.45, 7) is 0.243. The molecule has 96 valence electrons. The Morgan fingerprint density at radius 3 is 2.59 bits per heavy atom. The van der Waals surface area contributed by atoms with E-state index in [0.29, 0.717) is 24.2 Å². The van der Waals surface area contributed by atoms with Crippen molar-refractivity contribution in [3.63, 3.8) is 0 Å². The number of carbonyl (C=O) groups is 1. The average molecular weight is 279 g/mol. The second-order valence-electron chi connectivity index (χ2n) is 3.25. The maximum atomic E-state index is 11.7. The minimum absolute atomic E-state index is 0.0132. The number of unbranched alkanes of at least 4 members (excludes halogenated alkanes) is 1. The fourth-order valence-corrected chi connectivity index (χ4v) is 3.36. The number of nitrogens with one attached hydrogen (secondary N) is 1. The monoisotopic (exact) mass is 279 g/mol. The van der Waals surface area contributed by atoms with Crippen molar-refractivity contribution in [2.75, 3.05) is 13.2 Å². The number of aromatic carboxylic acids is 1. The van der Waals surface area contributed by atoms with Crippen molar-refractivity contribution in [3.05, 3.63) is 17.0 Å². The molecule has 0 atom stereocenters. The van der Waals surface area contributed by atoms with Gasteiger partial charge in [0.15, 0.2) is 0 Å². The molecular weight excluding hydrogens is 266 g/mol. The third-order valence-electron chi connectivity index (χ3n) is 1.93. The van der Waals surface area contributed by atoms with Crippen LogP contribution in [0.4, 0.5) is 0 Å². The van der Waals surface area contributed by atoms with Crippen molar-refractivity contribution < 1.29 is 23.4 Å². The van der Waals surface area contributed by atoms with E-state index in [4.69, 9.17) is 10.2 Å². The largest absolute Gasteiger partial charge is 0.477 e. The lowest BCUT2D eigenvalue weighted by atomic mass is 10.3. The molecule has 0 unspecified atom stereocenters. The molecule has 1 aromatic heterocycles. The molecule has 3 N–H and O–H groups in total. The van der Waals surface area contributed by atoms with Gasteiger partial charge in [0.25, 0.3) is 0 Å². The molecule has 0 aliphatic carbocycles. The normalized spacial score (nSPS) is 11.6. The van der Waals surface area contributed by atoms with Crippen molar-refractivity contribution in [1.29, 1.82) is 0 Å². The van der Waals surface area contributed by atoms with Crippen LogP contribution in [0.5, 0.6) is 0 Å². The molecule has 0 fully saturated rings. The van der Waals surface area contributed by atoms with E-state index in [9.17, 15) is 13.2 Å². The third-order valence-corrected chi connectivity index (χ3v) is 4.96. The molecule has 0 saturated heterocycles. The van der Waals surface area contributed by atoms with Crippen molar-refractivity contribution in [3.8, 4) is 0 Å². The summed E-state index contributed by atoms with van der Waals surface area (Å²) in [4.78, 5) is 10.6. The Morgan fingerprint density at radius 1 is 1.35 bits per heavy atom. The summed E-state index contributed by atoms with van der Waals surface area (Å²) in [5.41, 5.74) is 0. The first kappa shape index (κ1) is 14.1. The molecule has 6 nitrogen and oxygen atoms in total. The number of thiophene rings is 1. The second-order valence-corrected chi connectivity index (χ2v) is 6.33. The zero-order valence-corrected chi connectivity index (χ0v) is 10.6. The first-order valence-electron chi connectivity index (χ1n) is 4.91. The van der Waals surface area contributed by atoms with Gasteiger partial charge in [-0.2, -0.15) is 0 Å². The molecule has 0 spiro atoms. The minimum Gasteiger partial charge on any atom is -0.477 e. The van der Waals surface area contributed by atoms with E-state index in [2.05, 4.69) is 4.72 Å². The molecule has 0 aromatic carbocycles. The Morgan fingerprint density at radius 2 is 2.06 bits per heavy atom. The molecular formula is C9H13NO5S2. The molecule has 1 aromatic rings. The fraction of sp³-hybridized carbons (Fsp3) is 0.444. The quantitative estimate of drug-likeness (QED) is 0.630. The number of carboxylic acid groups (broad SMARTS) is 1. The number of hydrogen-bond acceptors (Lipinski definition) is 5. The number of sulfonamides is 1. The minimum atomic E-state index is -3.63. The lowest BCUT2D eigenvalue weighted by Gasteiger charge is -2.03. The maximum Gasteiger partial charge on any atom is 0.345 e. The first-order chi connectivity index (χ1) is 7.97. The summed E-state index contributed by atoms with van der Waals surface area (Å²) < 4.78 is 25.7. The van der Waals surface area contributed by atoms with Gasteiger partial charge in [0.2, 0.25) is 10.0 Å². The van der Waals surface area contributed by atoms with Crippen LogP contribution in [0.15, 0.2) is 16.3 Å². The molecule has 0 amide bonds. The highest BCUT2D eigenvalue weighted by Gasteiger charge is 2.18. The van der Waals surface area contributed by atoms with Gasteiger partial charge >= 0.3 is 5.97 Å². The van der Waals surface area contributed by atoms with Gasteiger partial charge in [0.1, 0.15) is 9.09 Å². The summed E-state index contributed by atoms with van der Waals surface area (Å²) in [6.07, 6.45) is 1.06. The highest BCUT2D eigenvalue weighted by molar-refractivity contribution is 7.91. The number of rotatable bonds is 7. The number of carboxylic acids is 1. The lowest BCUT2D eigenvalue weighted by Crippen LogP contribution is -2.24. The summed E-state index contributed by atoms with van der Waals surface area (Å²) in [7, 11) is -3.63. The van der Waals surface area contributed by atoms with Crippen LogP contribution in [0.25, 0.3) is 0 Å². The highest BCUT2D eigenvalue weighted by Crippen LogP contribution is 2.21. The smallest absolute Gasteiger partial charge is 0.345 e. The van der Waals surface area contributed by atoms with E-state index in [1.807, 2.05) is 0 Å². The van der Waals surface area contributed by atoms with E-state index >= 15 is 0 Å². The molecule has 0 radical (unpaired) electrons. The zero-order chi connectivity index (χ0) is 12.9. The van der Waals surface area contributed by atoms with Gasteiger partial charge in [0.05, 0.1) is 0 Å². The van der Waals surface area contributed by atoms with Gasteiger partial charge in [-0.1, -0.05) is 0 Å². The van der Waals surface area contributed by atoms with Crippen LogP contribution in [0, 0.1) is 0 Å². The molecule has 0 aliphatic heterocycles. The van der Waals surface area contributed by atoms with E-state index in [1.165, 1.54) is 12.1 Å². The summed E-state index contributed by atoms with van der Waals surface area (Å²) in [6, 6.07) is 2.53. The Hall–Kier alpha value is -0.960. The van der Waals surface area contributed by atoms with Crippen molar-refractivity contribution in [2.45, 2.75) is 17.1 Å². The lowest BCUT2D eigenvalue weighted by molar-refractivity contribution is 0.0702. The number of hydrogen-bond donors (Lipinski definition) is 3. The molecule has 1 rings (SSSR count). The Bertz CT molecular complexity index is 479. The second kappa shape index (κ2) is 6.10. The Labute approximate surface area is 103 Å². The molecule has 0 bridgehead atoms. The van der Waals surface area contributed by atoms with Gasteiger partial charge in [-0.3, -0.25) is 0 Å². The van der Waals surface area contributed by atoms with Crippen LogP contribution in [0.3, 0.4) is 0 Å². The van der Waals surface area contributed by atoms with Crippen LogP contribution in [0.2, 0.25) is 0 Å². The van der Waals surface area contributed by atoms with E-state index < -0.39 is 16.0 Å². The standard InChI is InChI=1S/C9H13NO5S2/c11-6-2-1-5-10-17(14,15)8-4-3-7(16-8)9(12)13/h3-4,10-11H,1-2,5-6H2,(H,12,13). The predicted molar refractivity (Wildman–Crippen MR) is 62.8 cm³/mol. The summed E-state index contributed by atoms with van der Waals surface area (Å²) in [5, 5.41) is 17.2. The molecule has 17 heavy (non-hydrogen) atoms. The molecule has 1 heterocycles. The molecule has 8 heteroatoms. The topological polar surface area (TPSA) is 104 Å². The van der Waals surface area contributed by atoms with E-state index in [0.717, 1.165) is 0 Å². The molecule has 0 aliphatic rings. The van der Waals surface area contributed by atoms with Crippen LogP contribution in [0.1, 0.15) is 22.5 Å². The molecule has 0 saturated carbocycles. The maximum absolute atomic E-state index is 11.7. The average Bonchev–Trinajstić information content (AvgIpc) is 2.74. The predicted octanol–water partition coefficient (Wildman–Crippen LogP) is 0.497.